The molecule has 0 spiro atoms. The number of amides is 1. The van der Waals surface area contributed by atoms with E-state index in [1.54, 1.807) is 12.0 Å². The minimum absolute atomic E-state index is 0.0154. The molecule has 0 radical (unpaired) electrons. The Balaban J connectivity index is 2.54. The number of rotatable bonds is 7. The Kier molecular flexibility index (Phi) is 6.39. The van der Waals surface area contributed by atoms with Crippen LogP contribution in [0, 0.1) is 0 Å². The highest BCUT2D eigenvalue weighted by molar-refractivity contribution is 5.82. The number of carbonyl (C=O) groups excluding carboxylic acids is 1. The Bertz CT molecular complexity index is 354. The first-order valence-electron chi connectivity index (χ1n) is 6.26. The summed E-state index contributed by atoms with van der Waals surface area (Å²) in [5, 5.41) is 0. The standard InChI is InChI=1S/C14H22N2O2/c1-3-16(9-10-18-2)14(17)13(15)11-12-7-5-4-6-8-12/h4-8,13H,3,9-11,15H2,1-2H3/t13-/m1/s1. The average Bonchev–Trinajstić information content (AvgIpc) is 2.40. The van der Waals surface area contributed by atoms with Gasteiger partial charge in [-0.25, -0.2) is 0 Å². The summed E-state index contributed by atoms with van der Waals surface area (Å²) in [4.78, 5) is 13.9. The van der Waals surface area contributed by atoms with Gasteiger partial charge in [-0.3, -0.25) is 4.79 Å². The van der Waals surface area contributed by atoms with Gasteiger partial charge in [0, 0.05) is 20.2 Å². The van der Waals surface area contributed by atoms with Crippen molar-refractivity contribution in [2.75, 3.05) is 26.8 Å². The average molecular weight is 250 g/mol. The van der Waals surface area contributed by atoms with Crippen LogP contribution in [0.1, 0.15) is 12.5 Å². The third kappa shape index (κ3) is 4.47. The first-order valence-corrected chi connectivity index (χ1v) is 6.26. The van der Waals surface area contributed by atoms with Gasteiger partial charge in [-0.1, -0.05) is 30.3 Å². The molecule has 0 aliphatic rings. The third-order valence-corrected chi connectivity index (χ3v) is 2.87. The molecule has 0 saturated heterocycles. The molecule has 1 amide bonds. The Morgan fingerprint density at radius 1 is 1.39 bits per heavy atom. The lowest BCUT2D eigenvalue weighted by atomic mass is 10.1. The molecule has 0 aliphatic carbocycles. The van der Waals surface area contributed by atoms with Gasteiger partial charge in [0.1, 0.15) is 0 Å². The molecule has 1 aromatic carbocycles. The highest BCUT2D eigenvalue weighted by atomic mass is 16.5. The quantitative estimate of drug-likeness (QED) is 0.787. The molecule has 1 rings (SSSR count). The molecule has 4 nitrogen and oxygen atoms in total. The topological polar surface area (TPSA) is 55.6 Å². The maximum atomic E-state index is 12.1. The number of carbonyl (C=O) groups is 1. The van der Waals surface area contributed by atoms with E-state index in [0.29, 0.717) is 26.1 Å². The zero-order valence-electron chi connectivity index (χ0n) is 11.1. The third-order valence-electron chi connectivity index (χ3n) is 2.87. The van der Waals surface area contributed by atoms with Gasteiger partial charge in [-0.2, -0.15) is 0 Å². The van der Waals surface area contributed by atoms with E-state index in [1.165, 1.54) is 0 Å². The van der Waals surface area contributed by atoms with Crippen LogP contribution in [0.15, 0.2) is 30.3 Å². The summed E-state index contributed by atoms with van der Waals surface area (Å²) >= 11 is 0. The van der Waals surface area contributed by atoms with Crippen LogP contribution in [0.3, 0.4) is 0 Å². The van der Waals surface area contributed by atoms with Gasteiger partial charge in [0.25, 0.3) is 0 Å². The van der Waals surface area contributed by atoms with Crippen molar-refractivity contribution in [1.82, 2.24) is 4.90 Å². The molecule has 100 valence electrons. The normalized spacial score (nSPS) is 12.2. The predicted octanol–water partition coefficient (Wildman–Crippen LogP) is 1.05. The number of methoxy groups -OCH3 is 1. The minimum atomic E-state index is -0.482. The summed E-state index contributed by atoms with van der Waals surface area (Å²) < 4.78 is 4.99. The number of benzene rings is 1. The number of likely N-dealkylation sites (N-methyl/N-ethyl adjacent to an activating group) is 1. The molecule has 0 aliphatic heterocycles. The second-order valence-electron chi connectivity index (χ2n) is 4.21. The molecule has 0 fully saturated rings. The number of ether oxygens (including phenoxy) is 1. The molecule has 1 aromatic rings. The number of hydrogen-bond acceptors (Lipinski definition) is 3. The molecule has 0 bridgehead atoms. The monoisotopic (exact) mass is 250 g/mol. The maximum absolute atomic E-state index is 12.1. The van der Waals surface area contributed by atoms with Crippen LogP contribution in [0.25, 0.3) is 0 Å². The van der Waals surface area contributed by atoms with E-state index in [9.17, 15) is 4.79 Å². The minimum Gasteiger partial charge on any atom is -0.383 e. The first-order chi connectivity index (χ1) is 8.69. The van der Waals surface area contributed by atoms with Crippen molar-refractivity contribution in [2.24, 2.45) is 5.73 Å². The molecule has 2 N–H and O–H groups in total. The van der Waals surface area contributed by atoms with Crippen molar-refractivity contribution in [3.05, 3.63) is 35.9 Å². The summed E-state index contributed by atoms with van der Waals surface area (Å²) in [5.74, 6) is -0.0154. The maximum Gasteiger partial charge on any atom is 0.239 e. The fraction of sp³-hybridized carbons (Fsp3) is 0.500. The molecule has 0 heterocycles. The summed E-state index contributed by atoms with van der Waals surface area (Å²) in [7, 11) is 1.63. The second-order valence-corrected chi connectivity index (χ2v) is 4.21. The zero-order chi connectivity index (χ0) is 13.4. The smallest absolute Gasteiger partial charge is 0.239 e. The van der Waals surface area contributed by atoms with Crippen LogP contribution in [-0.2, 0) is 16.0 Å². The van der Waals surface area contributed by atoms with Gasteiger partial charge in [0.2, 0.25) is 5.91 Å². The molecule has 0 saturated carbocycles. The van der Waals surface area contributed by atoms with Crippen LogP contribution in [0.2, 0.25) is 0 Å². The predicted molar refractivity (Wildman–Crippen MR) is 72.3 cm³/mol. The highest BCUT2D eigenvalue weighted by Crippen LogP contribution is 2.04. The van der Waals surface area contributed by atoms with E-state index >= 15 is 0 Å². The van der Waals surface area contributed by atoms with Gasteiger partial charge in [0.15, 0.2) is 0 Å². The SMILES string of the molecule is CCN(CCOC)C(=O)[C@H](N)Cc1ccccc1. The van der Waals surface area contributed by atoms with Crippen molar-refractivity contribution in [3.8, 4) is 0 Å². The molecule has 0 unspecified atom stereocenters. The van der Waals surface area contributed by atoms with E-state index in [0.717, 1.165) is 5.56 Å². The lowest BCUT2D eigenvalue weighted by molar-refractivity contribution is -0.133. The Morgan fingerprint density at radius 3 is 2.61 bits per heavy atom. The molecular formula is C14H22N2O2. The number of nitrogens with zero attached hydrogens (tertiary/aromatic N) is 1. The van der Waals surface area contributed by atoms with E-state index in [4.69, 9.17) is 10.5 Å². The van der Waals surface area contributed by atoms with E-state index in [2.05, 4.69) is 0 Å². The Hall–Kier alpha value is -1.39. The first kappa shape index (κ1) is 14.7. The fourth-order valence-corrected chi connectivity index (χ4v) is 1.82. The van der Waals surface area contributed by atoms with Crippen molar-refractivity contribution in [3.63, 3.8) is 0 Å². The van der Waals surface area contributed by atoms with Gasteiger partial charge >= 0.3 is 0 Å². The largest absolute Gasteiger partial charge is 0.383 e. The molecule has 4 heteroatoms. The van der Waals surface area contributed by atoms with Crippen LogP contribution < -0.4 is 5.73 Å². The summed E-state index contributed by atoms with van der Waals surface area (Å²) in [6.45, 7) is 3.74. The van der Waals surface area contributed by atoms with Crippen molar-refractivity contribution in [1.29, 1.82) is 0 Å². The summed E-state index contributed by atoms with van der Waals surface area (Å²) in [5.41, 5.74) is 7.05. The van der Waals surface area contributed by atoms with Gasteiger partial charge in [0.05, 0.1) is 12.6 Å². The van der Waals surface area contributed by atoms with Crippen molar-refractivity contribution < 1.29 is 9.53 Å². The van der Waals surface area contributed by atoms with Crippen LogP contribution in [0.4, 0.5) is 0 Å². The van der Waals surface area contributed by atoms with E-state index in [1.807, 2.05) is 37.3 Å². The van der Waals surface area contributed by atoms with E-state index in [-0.39, 0.29) is 5.91 Å². The Morgan fingerprint density at radius 2 is 2.06 bits per heavy atom. The van der Waals surface area contributed by atoms with Crippen LogP contribution in [0.5, 0.6) is 0 Å². The number of hydrogen-bond donors (Lipinski definition) is 1. The second kappa shape index (κ2) is 7.84. The van der Waals surface area contributed by atoms with Crippen LogP contribution >= 0.6 is 0 Å². The molecule has 0 aromatic heterocycles. The van der Waals surface area contributed by atoms with Crippen molar-refractivity contribution >= 4 is 5.91 Å². The van der Waals surface area contributed by atoms with Gasteiger partial charge in [-0.15, -0.1) is 0 Å². The van der Waals surface area contributed by atoms with E-state index < -0.39 is 6.04 Å². The molecule has 1 atom stereocenters. The summed E-state index contributed by atoms with van der Waals surface area (Å²) in [6, 6.07) is 9.35. The van der Waals surface area contributed by atoms with Gasteiger partial charge < -0.3 is 15.4 Å². The molecule has 18 heavy (non-hydrogen) atoms. The van der Waals surface area contributed by atoms with Gasteiger partial charge in [-0.05, 0) is 18.9 Å². The fourth-order valence-electron chi connectivity index (χ4n) is 1.82. The molecular weight excluding hydrogens is 228 g/mol. The highest BCUT2D eigenvalue weighted by Gasteiger charge is 2.19. The summed E-state index contributed by atoms with van der Waals surface area (Å²) in [6.07, 6.45) is 0.573. The number of nitrogens with two attached hydrogens (primary N) is 1. The lowest BCUT2D eigenvalue weighted by Gasteiger charge is -2.24. The van der Waals surface area contributed by atoms with Crippen molar-refractivity contribution in [2.45, 2.75) is 19.4 Å². The zero-order valence-corrected chi connectivity index (χ0v) is 11.1. The van der Waals surface area contributed by atoms with Crippen LogP contribution in [-0.4, -0.2) is 43.7 Å². The Labute approximate surface area is 109 Å². The lowest BCUT2D eigenvalue weighted by Crippen LogP contribution is -2.46.